The first kappa shape index (κ1) is 31.0. The van der Waals surface area contributed by atoms with Gasteiger partial charge in [0.25, 0.3) is 5.91 Å². The summed E-state index contributed by atoms with van der Waals surface area (Å²) in [6.45, 7) is 11.6. The van der Waals surface area contributed by atoms with Crippen molar-refractivity contribution in [2.75, 3.05) is 22.7 Å². The number of nitrogens with two attached hydrogens (primary N) is 1. The van der Waals surface area contributed by atoms with Crippen LogP contribution in [0.25, 0.3) is 0 Å². The van der Waals surface area contributed by atoms with E-state index in [1.807, 2.05) is 39.0 Å². The first-order chi connectivity index (χ1) is 18.6. The number of nitrogens with one attached hydrogen (secondary N) is 2. The van der Waals surface area contributed by atoms with Crippen LogP contribution in [0.15, 0.2) is 42.5 Å². The van der Waals surface area contributed by atoms with Gasteiger partial charge in [0.05, 0.1) is 9.71 Å². The number of anilines is 2. The van der Waals surface area contributed by atoms with E-state index < -0.39 is 9.71 Å². The van der Waals surface area contributed by atoms with Crippen molar-refractivity contribution in [3.8, 4) is 0 Å². The molecule has 2 aromatic rings. The molecule has 1 aromatic carbocycles. The van der Waals surface area contributed by atoms with E-state index in [0.29, 0.717) is 42.0 Å². The molecule has 0 spiro atoms. The van der Waals surface area contributed by atoms with Crippen molar-refractivity contribution >= 4 is 33.1 Å². The van der Waals surface area contributed by atoms with Crippen molar-refractivity contribution in [1.29, 1.82) is 0 Å². The summed E-state index contributed by atoms with van der Waals surface area (Å²) < 4.78 is 15.5. The number of rotatable bonds is 16. The Labute approximate surface area is 236 Å². The second-order valence-corrected chi connectivity index (χ2v) is 14.1. The normalized spacial score (nSPS) is 19.7. The molecule has 1 amide bonds. The highest BCUT2D eigenvalue weighted by molar-refractivity contribution is 8.02. The zero-order valence-corrected chi connectivity index (χ0v) is 25.3. The largest absolute Gasteiger partial charge is 0.370 e. The average Bonchev–Trinajstić information content (AvgIpc) is 3.63. The van der Waals surface area contributed by atoms with Crippen LogP contribution in [0.5, 0.6) is 0 Å². The van der Waals surface area contributed by atoms with E-state index in [-0.39, 0.29) is 23.2 Å². The molecule has 1 saturated carbocycles. The molecule has 1 fully saturated rings. The van der Waals surface area contributed by atoms with Crippen LogP contribution in [0.1, 0.15) is 82.6 Å². The first-order valence-corrected chi connectivity index (χ1v) is 16.3. The minimum Gasteiger partial charge on any atom is -0.370 e. The maximum atomic E-state index is 13.8. The Morgan fingerprint density at radius 1 is 1.21 bits per heavy atom. The molecule has 4 N–H and O–H groups in total. The van der Waals surface area contributed by atoms with Crippen LogP contribution in [0.4, 0.5) is 11.6 Å². The Bertz CT molecular complexity index is 1170. The fourth-order valence-electron chi connectivity index (χ4n) is 4.74. The molecule has 0 saturated heterocycles. The van der Waals surface area contributed by atoms with Crippen molar-refractivity contribution < 1.29 is 9.00 Å². The highest BCUT2D eigenvalue weighted by atomic mass is 32.2. The first-order valence-electron chi connectivity index (χ1n) is 14.6. The van der Waals surface area contributed by atoms with Crippen LogP contribution < -0.4 is 20.7 Å². The van der Waals surface area contributed by atoms with E-state index in [1.54, 1.807) is 16.4 Å². The molecule has 5 atom stereocenters. The fraction of sp³-hybridized carbons (Fsp3) is 0.581. The highest BCUT2D eigenvalue weighted by Crippen LogP contribution is 2.37. The van der Waals surface area contributed by atoms with E-state index in [0.717, 1.165) is 37.8 Å². The van der Waals surface area contributed by atoms with Gasteiger partial charge in [0.15, 0.2) is 0 Å². The topological polar surface area (TPSA) is 100 Å². The third-order valence-electron chi connectivity index (χ3n) is 7.71. The number of carbonyl (C=O) groups is 1. The van der Waals surface area contributed by atoms with Crippen LogP contribution in [0.3, 0.4) is 0 Å². The number of hydrogen-bond acceptors (Lipinski definition) is 5. The van der Waals surface area contributed by atoms with Gasteiger partial charge < -0.3 is 16.4 Å². The zero-order valence-electron chi connectivity index (χ0n) is 24.5. The smallest absolute Gasteiger partial charge is 0.251 e. The second kappa shape index (κ2) is 14.2. The molecule has 4 unspecified atom stereocenters. The summed E-state index contributed by atoms with van der Waals surface area (Å²) in [5, 5.41) is 6.51. The van der Waals surface area contributed by atoms with Crippen LogP contribution in [-0.4, -0.2) is 51.4 Å². The molecule has 7 nitrogen and oxygen atoms in total. The molecule has 1 heterocycles. The molecule has 0 aliphatic heterocycles. The van der Waals surface area contributed by atoms with Gasteiger partial charge in [0.1, 0.15) is 11.6 Å². The van der Waals surface area contributed by atoms with Crippen LogP contribution in [-0.2, 0) is 16.1 Å². The summed E-state index contributed by atoms with van der Waals surface area (Å²) in [6.07, 6.45) is 5.53. The number of nitrogens with zero attached hydrogens (tertiary/aromatic N) is 2. The monoisotopic (exact) mass is 555 g/mol. The molecule has 0 bridgehead atoms. The van der Waals surface area contributed by atoms with Crippen LogP contribution in [0, 0.1) is 11.8 Å². The standard InChI is InChI=1S/C31H49N5O2S/c1-7-9-15-27(32)28(18-24-13-11-10-12-14-24)34-31(37)25-19-29(33-21-26-17-23(26)5)35-30(20-25)36(16-8-2)39(6,38)22(3)4/h10-14,19-20,22-23,26-28H,6-9,15-18,21,32H2,1-5H3,(H,33,35)(H,34,37)/t23?,26?,27?,28-,39?/m0/s1. The number of unbranched alkanes of at least 4 members (excludes halogenated alkanes) is 1. The minimum absolute atomic E-state index is 0.166. The van der Waals surface area contributed by atoms with Gasteiger partial charge in [0.2, 0.25) is 0 Å². The molecule has 39 heavy (non-hydrogen) atoms. The SMILES string of the molecule is C=S(=O)(C(C)C)N(CCC)c1cc(C(=O)N[C@@H](Cc2ccccc2)C(N)CCCC)cc(NCC2CC2C)n1. The molecule has 8 heteroatoms. The molecule has 1 aliphatic rings. The quantitative estimate of drug-likeness (QED) is 0.245. The lowest BCUT2D eigenvalue weighted by Crippen LogP contribution is -2.49. The lowest BCUT2D eigenvalue weighted by molar-refractivity contribution is 0.0929. The van der Waals surface area contributed by atoms with Gasteiger partial charge in [-0.15, -0.1) is 0 Å². The third kappa shape index (κ3) is 8.70. The van der Waals surface area contributed by atoms with Gasteiger partial charge in [-0.1, -0.05) is 63.9 Å². The summed E-state index contributed by atoms with van der Waals surface area (Å²) in [5.41, 5.74) is 8.24. The summed E-state index contributed by atoms with van der Waals surface area (Å²) in [7, 11) is -2.64. The van der Waals surface area contributed by atoms with Gasteiger partial charge in [-0.25, -0.2) is 9.19 Å². The molecule has 0 radical (unpaired) electrons. The molecule has 3 rings (SSSR count). The summed E-state index contributed by atoms with van der Waals surface area (Å²) >= 11 is 0. The van der Waals surface area contributed by atoms with E-state index in [1.165, 1.54) is 6.42 Å². The van der Waals surface area contributed by atoms with Crippen LogP contribution in [0.2, 0.25) is 0 Å². The fourth-order valence-corrected chi connectivity index (χ4v) is 6.15. The van der Waals surface area contributed by atoms with Gasteiger partial charge in [0, 0.05) is 36.0 Å². The second-order valence-electron chi connectivity index (χ2n) is 11.4. The predicted octanol–water partition coefficient (Wildman–Crippen LogP) is 5.26. The number of carbonyl (C=O) groups excluding carboxylic acids is 1. The zero-order chi connectivity index (χ0) is 28.6. The number of pyridine rings is 1. The van der Waals surface area contributed by atoms with Gasteiger partial charge in [-0.3, -0.25) is 9.10 Å². The Hall–Kier alpha value is -2.58. The average molecular weight is 556 g/mol. The van der Waals surface area contributed by atoms with Crippen LogP contribution >= 0.6 is 0 Å². The van der Waals surface area contributed by atoms with Gasteiger partial charge in [-0.05, 0) is 74.9 Å². The van der Waals surface area contributed by atoms with Crippen molar-refractivity contribution in [2.24, 2.45) is 17.6 Å². The summed E-state index contributed by atoms with van der Waals surface area (Å²) in [5.74, 6) is 6.32. The highest BCUT2D eigenvalue weighted by Gasteiger charge is 2.32. The number of hydrogen-bond donors (Lipinski definition) is 3. The van der Waals surface area contributed by atoms with Gasteiger partial charge >= 0.3 is 0 Å². The molecular weight excluding hydrogens is 506 g/mol. The van der Waals surface area contributed by atoms with E-state index in [9.17, 15) is 9.00 Å². The van der Waals surface area contributed by atoms with Crippen molar-refractivity contribution in [2.45, 2.75) is 90.5 Å². The Morgan fingerprint density at radius 3 is 2.49 bits per heavy atom. The maximum Gasteiger partial charge on any atom is 0.251 e. The van der Waals surface area contributed by atoms with E-state index >= 15 is 0 Å². The molecule has 1 aromatic heterocycles. The van der Waals surface area contributed by atoms with Crippen molar-refractivity contribution in [3.05, 3.63) is 53.6 Å². The maximum absolute atomic E-state index is 13.8. The van der Waals surface area contributed by atoms with Crippen molar-refractivity contribution in [1.82, 2.24) is 10.3 Å². The number of benzene rings is 1. The molecular formula is C31H49N5O2S. The Balaban J connectivity index is 1.94. The molecule has 1 aliphatic carbocycles. The number of amides is 1. The third-order valence-corrected chi connectivity index (χ3v) is 10.3. The van der Waals surface area contributed by atoms with E-state index in [4.69, 9.17) is 10.7 Å². The van der Waals surface area contributed by atoms with Gasteiger partial charge in [-0.2, -0.15) is 0 Å². The predicted molar refractivity (Wildman–Crippen MR) is 167 cm³/mol. The van der Waals surface area contributed by atoms with Crippen molar-refractivity contribution in [3.63, 3.8) is 0 Å². The number of aromatic nitrogens is 1. The molecule has 216 valence electrons. The Kier molecular flexibility index (Phi) is 11.2. The summed E-state index contributed by atoms with van der Waals surface area (Å²) in [6, 6.07) is 13.3. The summed E-state index contributed by atoms with van der Waals surface area (Å²) in [4.78, 5) is 18.6. The van der Waals surface area contributed by atoms with E-state index in [2.05, 4.69) is 42.5 Å². The Morgan fingerprint density at radius 2 is 1.90 bits per heavy atom. The minimum atomic E-state index is -2.64. The lowest BCUT2D eigenvalue weighted by Gasteiger charge is -2.30. The lowest BCUT2D eigenvalue weighted by atomic mass is 9.96.